The fourth-order valence-electron chi connectivity index (χ4n) is 7.49. The van der Waals surface area contributed by atoms with E-state index in [1.54, 1.807) is 11.8 Å². The molecule has 2 unspecified atom stereocenters. The Balaban J connectivity index is 2.12. The van der Waals surface area contributed by atoms with Gasteiger partial charge in [-0.25, -0.2) is 0 Å². The van der Waals surface area contributed by atoms with Crippen LogP contribution in [0.25, 0.3) is 0 Å². The number of hydrogen-bond acceptors (Lipinski definition) is 6. The first-order valence-corrected chi connectivity index (χ1v) is 13.8. The van der Waals surface area contributed by atoms with E-state index in [4.69, 9.17) is 9.47 Å². The predicted molar refractivity (Wildman–Crippen MR) is 137 cm³/mol. The average Bonchev–Trinajstić information content (AvgIpc) is 3.36. The van der Waals surface area contributed by atoms with E-state index in [1.807, 2.05) is 34.6 Å². The van der Waals surface area contributed by atoms with Crippen molar-refractivity contribution in [2.75, 3.05) is 13.2 Å². The van der Waals surface area contributed by atoms with Crippen LogP contribution in [-0.4, -0.2) is 69.8 Å². The first kappa shape index (κ1) is 28.9. The Labute approximate surface area is 216 Å². The fraction of sp³-hybridized carbons (Fsp3) is 0.893. The Bertz CT molecular complexity index is 867. The molecule has 2 bridgehead atoms. The van der Waals surface area contributed by atoms with Crippen LogP contribution < -0.4 is 5.32 Å². The van der Waals surface area contributed by atoms with Gasteiger partial charge in [-0.1, -0.05) is 48.0 Å². The highest BCUT2D eigenvalue weighted by atomic mass is 16.6. The van der Waals surface area contributed by atoms with Crippen LogP contribution in [0.3, 0.4) is 0 Å². The van der Waals surface area contributed by atoms with Crippen molar-refractivity contribution in [2.24, 2.45) is 23.2 Å². The third-order valence-corrected chi connectivity index (χ3v) is 8.69. The SMILES string of the molecule is CCOC(=O)[C@H]1[C@H]2C(=O)N([C@@H](CO)[C@@H](C)CC)C(C(=O)NC(C)(C)CC(C)(C)C)C23CC[C@]1(CC)O3. The smallest absolute Gasteiger partial charge is 0.312 e. The summed E-state index contributed by atoms with van der Waals surface area (Å²) in [6, 6.07) is -1.47. The minimum absolute atomic E-state index is 0.0171. The van der Waals surface area contributed by atoms with Crippen LogP contribution in [0.4, 0.5) is 0 Å². The topological polar surface area (TPSA) is 105 Å². The Morgan fingerprint density at radius 2 is 1.83 bits per heavy atom. The van der Waals surface area contributed by atoms with Gasteiger partial charge in [0.05, 0.1) is 30.8 Å². The molecule has 3 rings (SSSR count). The summed E-state index contributed by atoms with van der Waals surface area (Å²) in [7, 11) is 0. The molecule has 0 radical (unpaired) electrons. The van der Waals surface area contributed by atoms with E-state index in [0.29, 0.717) is 19.3 Å². The van der Waals surface area contributed by atoms with Crippen molar-refractivity contribution in [3.63, 3.8) is 0 Å². The largest absolute Gasteiger partial charge is 0.466 e. The first-order chi connectivity index (χ1) is 16.6. The Morgan fingerprint density at radius 3 is 2.33 bits per heavy atom. The zero-order valence-electron chi connectivity index (χ0n) is 23.8. The average molecular weight is 509 g/mol. The van der Waals surface area contributed by atoms with E-state index in [9.17, 15) is 19.5 Å². The maximum atomic E-state index is 14.2. The van der Waals surface area contributed by atoms with Crippen LogP contribution in [-0.2, 0) is 23.9 Å². The van der Waals surface area contributed by atoms with Crippen molar-refractivity contribution in [1.82, 2.24) is 10.2 Å². The lowest BCUT2D eigenvalue weighted by Gasteiger charge is -2.41. The first-order valence-electron chi connectivity index (χ1n) is 13.8. The van der Waals surface area contributed by atoms with Gasteiger partial charge in [-0.2, -0.15) is 0 Å². The molecule has 3 fully saturated rings. The Kier molecular flexibility index (Phi) is 7.94. The van der Waals surface area contributed by atoms with Crippen LogP contribution in [0.2, 0.25) is 0 Å². The van der Waals surface area contributed by atoms with E-state index in [0.717, 1.165) is 12.8 Å². The van der Waals surface area contributed by atoms with Crippen molar-refractivity contribution < 1.29 is 29.0 Å². The highest BCUT2D eigenvalue weighted by Gasteiger charge is 2.79. The lowest BCUT2D eigenvalue weighted by molar-refractivity contribution is -0.162. The van der Waals surface area contributed by atoms with Crippen molar-refractivity contribution >= 4 is 17.8 Å². The molecule has 2 N–H and O–H groups in total. The van der Waals surface area contributed by atoms with Crippen LogP contribution in [0.1, 0.15) is 94.4 Å². The zero-order valence-corrected chi connectivity index (χ0v) is 23.8. The molecule has 206 valence electrons. The van der Waals surface area contributed by atoms with Gasteiger partial charge >= 0.3 is 5.97 Å². The number of esters is 1. The number of aliphatic hydroxyl groups is 1. The number of nitrogens with zero attached hydrogens (tertiary/aromatic N) is 1. The summed E-state index contributed by atoms with van der Waals surface area (Å²) < 4.78 is 12.2. The Morgan fingerprint density at radius 1 is 1.19 bits per heavy atom. The van der Waals surface area contributed by atoms with Gasteiger partial charge in [0.2, 0.25) is 11.8 Å². The minimum atomic E-state index is -1.12. The van der Waals surface area contributed by atoms with Crippen molar-refractivity contribution in [3.05, 3.63) is 0 Å². The van der Waals surface area contributed by atoms with E-state index in [2.05, 4.69) is 26.1 Å². The molecule has 0 aromatic heterocycles. The van der Waals surface area contributed by atoms with Gasteiger partial charge in [0.25, 0.3) is 0 Å². The highest BCUT2D eigenvalue weighted by Crippen LogP contribution is 2.64. The van der Waals surface area contributed by atoms with Crippen LogP contribution >= 0.6 is 0 Å². The molecule has 7 atom stereocenters. The molecule has 8 nitrogen and oxygen atoms in total. The number of aliphatic hydroxyl groups excluding tert-OH is 1. The second-order valence-electron chi connectivity index (χ2n) is 13.1. The molecule has 0 aromatic rings. The fourth-order valence-corrected chi connectivity index (χ4v) is 7.49. The normalized spacial score (nSPS) is 33.4. The number of carbonyl (C=O) groups excluding carboxylic acids is 3. The van der Waals surface area contributed by atoms with Crippen molar-refractivity contribution in [2.45, 2.75) is 123 Å². The molecule has 3 saturated heterocycles. The molecule has 2 amide bonds. The maximum absolute atomic E-state index is 14.2. The highest BCUT2D eigenvalue weighted by molar-refractivity contribution is 5.99. The summed E-state index contributed by atoms with van der Waals surface area (Å²) in [6.07, 6.45) is 3.13. The Hall–Kier alpha value is -1.67. The number of hydrogen-bond donors (Lipinski definition) is 2. The van der Waals surface area contributed by atoms with Gasteiger partial charge in [-0.3, -0.25) is 14.4 Å². The number of likely N-dealkylation sites (tertiary alicyclic amines) is 1. The summed E-state index contributed by atoms with van der Waals surface area (Å²) in [4.78, 5) is 43.2. The second kappa shape index (κ2) is 9.90. The van der Waals surface area contributed by atoms with Gasteiger partial charge in [-0.05, 0) is 57.8 Å². The monoisotopic (exact) mass is 508 g/mol. The summed E-state index contributed by atoms with van der Waals surface area (Å²) >= 11 is 0. The molecular weight excluding hydrogens is 460 g/mol. The molecule has 3 aliphatic rings. The van der Waals surface area contributed by atoms with Crippen LogP contribution in [0.5, 0.6) is 0 Å². The number of nitrogens with one attached hydrogen (secondary N) is 1. The lowest BCUT2D eigenvalue weighted by atomic mass is 9.65. The second-order valence-corrected chi connectivity index (χ2v) is 13.1. The molecule has 0 aliphatic carbocycles. The van der Waals surface area contributed by atoms with Gasteiger partial charge in [0.1, 0.15) is 17.6 Å². The molecule has 1 spiro atoms. The summed E-state index contributed by atoms with van der Waals surface area (Å²) in [5.74, 6) is -2.59. The van der Waals surface area contributed by atoms with E-state index < -0.39 is 46.6 Å². The van der Waals surface area contributed by atoms with E-state index in [1.165, 1.54) is 0 Å². The molecule has 0 aromatic carbocycles. The predicted octanol–water partition coefficient (Wildman–Crippen LogP) is 3.44. The molecule has 36 heavy (non-hydrogen) atoms. The summed E-state index contributed by atoms with van der Waals surface area (Å²) in [5.41, 5.74) is -2.48. The quantitative estimate of drug-likeness (QED) is 0.438. The zero-order chi connectivity index (χ0) is 27.3. The number of carbonyl (C=O) groups is 3. The van der Waals surface area contributed by atoms with E-state index >= 15 is 0 Å². The number of fused-ring (bicyclic) bond motifs is 1. The van der Waals surface area contributed by atoms with Gasteiger partial charge in [0, 0.05) is 5.54 Å². The standard InChI is InChI=1S/C28H48N2O6/c1-10-17(4)18(15-31)30-21(22(32)29-26(8,9)16-25(5,6)7)28-14-13-27(11-2,36-28)20(19(28)23(30)33)24(34)35-12-3/h17-21,31H,10-16H2,1-9H3,(H,29,32)/t17-,18-,19-,20+,21?,27-,28?/m0/s1. The van der Waals surface area contributed by atoms with Gasteiger partial charge in [-0.15, -0.1) is 0 Å². The lowest BCUT2D eigenvalue weighted by Crippen LogP contribution is -2.62. The molecular formula is C28H48N2O6. The van der Waals surface area contributed by atoms with E-state index in [-0.39, 0.29) is 36.4 Å². The van der Waals surface area contributed by atoms with Crippen molar-refractivity contribution in [1.29, 1.82) is 0 Å². The van der Waals surface area contributed by atoms with Crippen molar-refractivity contribution in [3.8, 4) is 0 Å². The molecule has 8 heteroatoms. The third-order valence-electron chi connectivity index (χ3n) is 8.69. The summed E-state index contributed by atoms with van der Waals surface area (Å²) in [6.45, 7) is 18.0. The number of amides is 2. The maximum Gasteiger partial charge on any atom is 0.312 e. The number of rotatable bonds is 10. The molecule has 0 saturated carbocycles. The summed E-state index contributed by atoms with van der Waals surface area (Å²) in [5, 5.41) is 13.6. The number of ether oxygens (including phenoxy) is 2. The minimum Gasteiger partial charge on any atom is -0.466 e. The van der Waals surface area contributed by atoms with Crippen LogP contribution in [0.15, 0.2) is 0 Å². The third kappa shape index (κ3) is 4.68. The van der Waals surface area contributed by atoms with Gasteiger partial charge in [0.15, 0.2) is 0 Å². The molecule has 3 heterocycles. The molecule has 3 aliphatic heterocycles. The van der Waals surface area contributed by atoms with Gasteiger partial charge < -0.3 is 24.8 Å². The van der Waals surface area contributed by atoms with Crippen LogP contribution in [0, 0.1) is 23.2 Å².